The van der Waals surface area contributed by atoms with Gasteiger partial charge in [0.2, 0.25) is 15.9 Å². The first-order valence-corrected chi connectivity index (χ1v) is 11.0. The number of piperidine rings is 1. The molecule has 1 heterocycles. The summed E-state index contributed by atoms with van der Waals surface area (Å²) in [5.41, 5.74) is -0.325. The Labute approximate surface area is 169 Å². The van der Waals surface area contributed by atoms with Crippen molar-refractivity contribution >= 4 is 15.9 Å². The zero-order valence-corrected chi connectivity index (χ0v) is 17.6. The molecule has 1 amide bonds. The summed E-state index contributed by atoms with van der Waals surface area (Å²) in [5, 5.41) is 3.01. The van der Waals surface area contributed by atoms with E-state index in [1.807, 2.05) is 20.8 Å². The fraction of sp³-hybridized carbons (Fsp3) is 0.632. The number of carbonyl (C=O) groups excluding carboxylic acids is 1. The molecule has 0 unspecified atom stereocenters. The summed E-state index contributed by atoms with van der Waals surface area (Å²) in [7, 11) is -3.98. The maximum Gasteiger partial charge on any atom is 0.573 e. The molecule has 0 aliphatic carbocycles. The summed E-state index contributed by atoms with van der Waals surface area (Å²) >= 11 is 0. The van der Waals surface area contributed by atoms with Gasteiger partial charge in [0, 0.05) is 30.6 Å². The van der Waals surface area contributed by atoms with Crippen molar-refractivity contribution in [3.05, 3.63) is 24.3 Å². The van der Waals surface area contributed by atoms with E-state index in [0.717, 1.165) is 25.0 Å². The van der Waals surface area contributed by atoms with Crippen molar-refractivity contribution in [2.45, 2.75) is 63.3 Å². The van der Waals surface area contributed by atoms with Crippen LogP contribution in [0.1, 0.15) is 46.5 Å². The van der Waals surface area contributed by atoms with Crippen molar-refractivity contribution in [1.29, 1.82) is 0 Å². The third-order valence-corrected chi connectivity index (χ3v) is 6.73. The van der Waals surface area contributed by atoms with Gasteiger partial charge in [0.25, 0.3) is 0 Å². The van der Waals surface area contributed by atoms with Crippen LogP contribution in [0.2, 0.25) is 0 Å². The van der Waals surface area contributed by atoms with Crippen LogP contribution in [-0.2, 0) is 14.8 Å². The normalized spacial score (nSPS) is 17.2. The van der Waals surface area contributed by atoms with Gasteiger partial charge in [0.15, 0.2) is 0 Å². The molecule has 29 heavy (non-hydrogen) atoms. The van der Waals surface area contributed by atoms with Crippen LogP contribution in [0.4, 0.5) is 13.2 Å². The first-order valence-electron chi connectivity index (χ1n) is 9.52. The average Bonchev–Trinajstić information content (AvgIpc) is 2.60. The summed E-state index contributed by atoms with van der Waals surface area (Å²) in [4.78, 5) is 12.2. The van der Waals surface area contributed by atoms with Crippen LogP contribution >= 0.6 is 0 Å². The van der Waals surface area contributed by atoms with E-state index in [1.54, 1.807) is 0 Å². The Balaban J connectivity index is 2.03. The van der Waals surface area contributed by atoms with E-state index >= 15 is 0 Å². The minimum absolute atomic E-state index is 0.0962. The molecule has 1 aromatic rings. The molecule has 1 saturated heterocycles. The van der Waals surface area contributed by atoms with Crippen molar-refractivity contribution in [1.82, 2.24) is 9.62 Å². The lowest BCUT2D eigenvalue weighted by Gasteiger charge is -2.33. The van der Waals surface area contributed by atoms with Crippen molar-refractivity contribution in [3.8, 4) is 5.75 Å². The molecule has 6 nitrogen and oxygen atoms in total. The molecule has 0 aromatic heterocycles. The average molecular weight is 436 g/mol. The van der Waals surface area contributed by atoms with E-state index in [9.17, 15) is 26.4 Å². The number of hydrogen-bond acceptors (Lipinski definition) is 4. The SMILES string of the molecule is CCCC(C)(C)NC(=O)C1CCN(S(=O)(=O)c2cccc(OC(F)(F)F)c2)CC1. The first kappa shape index (κ1) is 23.5. The molecule has 0 atom stereocenters. The molecule has 0 spiro atoms. The number of halogens is 3. The number of sulfonamides is 1. The molecule has 1 aliphatic rings. The third kappa shape index (κ3) is 6.60. The Kier molecular flexibility index (Phi) is 7.21. The van der Waals surface area contributed by atoms with Crippen LogP contribution in [0, 0.1) is 5.92 Å². The summed E-state index contributed by atoms with van der Waals surface area (Å²) < 4.78 is 67.7. The van der Waals surface area contributed by atoms with Gasteiger partial charge in [-0.25, -0.2) is 8.42 Å². The van der Waals surface area contributed by atoms with E-state index < -0.39 is 22.1 Å². The van der Waals surface area contributed by atoms with E-state index in [0.29, 0.717) is 12.8 Å². The van der Waals surface area contributed by atoms with E-state index in [2.05, 4.69) is 10.1 Å². The summed E-state index contributed by atoms with van der Waals surface area (Å²) in [6, 6.07) is 4.32. The molecule has 2 rings (SSSR count). The molecule has 1 aromatic carbocycles. The molecular formula is C19H27F3N2O4S. The van der Waals surface area contributed by atoms with Gasteiger partial charge < -0.3 is 10.1 Å². The third-order valence-electron chi connectivity index (χ3n) is 4.84. The van der Waals surface area contributed by atoms with Crippen LogP contribution < -0.4 is 10.1 Å². The van der Waals surface area contributed by atoms with Crippen molar-refractivity contribution < 1.29 is 31.1 Å². The van der Waals surface area contributed by atoms with Gasteiger partial charge in [-0.3, -0.25) is 4.79 Å². The molecule has 10 heteroatoms. The molecule has 1 aliphatic heterocycles. The van der Waals surface area contributed by atoms with Gasteiger partial charge in [-0.15, -0.1) is 13.2 Å². The summed E-state index contributed by atoms with van der Waals surface area (Å²) in [6.07, 6.45) is -2.43. The highest BCUT2D eigenvalue weighted by Crippen LogP contribution is 2.29. The molecular weight excluding hydrogens is 409 g/mol. The largest absolute Gasteiger partial charge is 0.573 e. The zero-order chi connectivity index (χ0) is 21.9. The number of amides is 1. The number of hydrogen-bond donors (Lipinski definition) is 1. The monoisotopic (exact) mass is 436 g/mol. The fourth-order valence-corrected chi connectivity index (χ4v) is 4.97. The molecule has 1 N–H and O–H groups in total. The lowest BCUT2D eigenvalue weighted by molar-refractivity contribution is -0.274. The highest BCUT2D eigenvalue weighted by molar-refractivity contribution is 7.89. The second-order valence-electron chi connectivity index (χ2n) is 7.82. The number of nitrogens with one attached hydrogen (secondary N) is 1. The van der Waals surface area contributed by atoms with Crippen LogP contribution in [0.15, 0.2) is 29.2 Å². The van der Waals surface area contributed by atoms with Gasteiger partial charge in [-0.1, -0.05) is 19.4 Å². The highest BCUT2D eigenvalue weighted by Gasteiger charge is 2.35. The van der Waals surface area contributed by atoms with Gasteiger partial charge in [0.05, 0.1) is 4.90 Å². The van der Waals surface area contributed by atoms with Gasteiger partial charge in [-0.05, 0) is 45.2 Å². The van der Waals surface area contributed by atoms with Crippen molar-refractivity contribution in [2.75, 3.05) is 13.1 Å². The number of rotatable bonds is 7. The topological polar surface area (TPSA) is 75.7 Å². The van der Waals surface area contributed by atoms with Gasteiger partial charge in [-0.2, -0.15) is 4.31 Å². The predicted octanol–water partition coefficient (Wildman–Crippen LogP) is 3.68. The molecule has 1 fully saturated rings. The quantitative estimate of drug-likeness (QED) is 0.708. The fourth-order valence-electron chi connectivity index (χ4n) is 3.46. The molecule has 0 radical (unpaired) electrons. The van der Waals surface area contributed by atoms with E-state index in [1.165, 1.54) is 16.4 Å². The minimum Gasteiger partial charge on any atom is -0.406 e. The lowest BCUT2D eigenvalue weighted by Crippen LogP contribution is -2.49. The second kappa shape index (κ2) is 8.91. The summed E-state index contributed by atoms with van der Waals surface area (Å²) in [6.45, 7) is 6.18. The smallest absolute Gasteiger partial charge is 0.406 e. The van der Waals surface area contributed by atoms with Crippen LogP contribution in [0.5, 0.6) is 5.75 Å². The number of nitrogens with zero attached hydrogens (tertiary/aromatic N) is 1. The van der Waals surface area contributed by atoms with Crippen molar-refractivity contribution in [3.63, 3.8) is 0 Å². The zero-order valence-electron chi connectivity index (χ0n) is 16.8. The predicted molar refractivity (Wildman–Crippen MR) is 102 cm³/mol. The Morgan fingerprint density at radius 2 is 1.86 bits per heavy atom. The number of benzene rings is 1. The van der Waals surface area contributed by atoms with Crippen molar-refractivity contribution in [2.24, 2.45) is 5.92 Å². The van der Waals surface area contributed by atoms with E-state index in [4.69, 9.17) is 0 Å². The van der Waals surface area contributed by atoms with Crippen LogP contribution in [0.3, 0.4) is 0 Å². The molecule has 164 valence electrons. The van der Waals surface area contributed by atoms with Crippen LogP contribution in [-0.4, -0.2) is 43.6 Å². The number of ether oxygens (including phenoxy) is 1. The standard InChI is InChI=1S/C19H27F3N2O4S/c1-4-10-18(2,3)23-17(25)14-8-11-24(12-9-14)29(26,27)16-7-5-6-15(13-16)28-19(20,21)22/h5-7,13-14H,4,8-12H2,1-3H3,(H,23,25). The second-order valence-corrected chi connectivity index (χ2v) is 9.76. The van der Waals surface area contributed by atoms with Gasteiger partial charge >= 0.3 is 6.36 Å². The van der Waals surface area contributed by atoms with Crippen LogP contribution in [0.25, 0.3) is 0 Å². The molecule has 0 bridgehead atoms. The number of alkyl halides is 3. The van der Waals surface area contributed by atoms with Gasteiger partial charge in [0.1, 0.15) is 5.75 Å². The highest BCUT2D eigenvalue weighted by atomic mass is 32.2. The minimum atomic E-state index is -4.90. The maximum atomic E-state index is 12.8. The Hall–Kier alpha value is -1.81. The summed E-state index contributed by atoms with van der Waals surface area (Å²) in [5.74, 6) is -0.982. The first-order chi connectivity index (χ1) is 13.3. The Morgan fingerprint density at radius 1 is 1.24 bits per heavy atom. The number of carbonyl (C=O) groups is 1. The molecule has 0 saturated carbocycles. The lowest BCUT2D eigenvalue weighted by atomic mass is 9.93. The Morgan fingerprint density at radius 3 is 2.41 bits per heavy atom. The maximum absolute atomic E-state index is 12.8. The Bertz CT molecular complexity index is 817. The van der Waals surface area contributed by atoms with E-state index in [-0.39, 0.29) is 35.3 Å².